The maximum atomic E-state index is 10.9. The molecule has 0 aliphatic heterocycles. The molecule has 0 saturated carbocycles. The van der Waals surface area contributed by atoms with Gasteiger partial charge in [0.05, 0.1) is 0 Å². The predicted molar refractivity (Wildman–Crippen MR) is 52.6 cm³/mol. The molecule has 80 valence electrons. The molecule has 9 heteroatoms. The van der Waals surface area contributed by atoms with Gasteiger partial charge in [0.25, 0.3) is 0 Å². The van der Waals surface area contributed by atoms with Crippen molar-refractivity contribution in [3.8, 4) is 0 Å². The van der Waals surface area contributed by atoms with Crippen LogP contribution >= 0.6 is 14.1 Å². The summed E-state index contributed by atoms with van der Waals surface area (Å²) in [4.78, 5) is 35.8. The van der Waals surface area contributed by atoms with Gasteiger partial charge >= 0.3 is 7.60 Å². The second-order valence-electron chi connectivity index (χ2n) is 2.72. The SMILES string of the molecule is CCCC(N)(P(=O)(O)O)P(O)(O)=S. The van der Waals surface area contributed by atoms with Gasteiger partial charge in [-0.15, -0.1) is 0 Å². The molecule has 1 unspecified atom stereocenters. The van der Waals surface area contributed by atoms with Crippen molar-refractivity contribution >= 4 is 25.9 Å². The van der Waals surface area contributed by atoms with Crippen LogP contribution in [0.5, 0.6) is 0 Å². The molecule has 6 nitrogen and oxygen atoms in total. The van der Waals surface area contributed by atoms with Gasteiger partial charge in [0, 0.05) is 0 Å². The first-order valence-electron chi connectivity index (χ1n) is 3.46. The molecule has 0 aliphatic rings. The summed E-state index contributed by atoms with van der Waals surface area (Å²) >= 11 is 4.24. The first-order valence-corrected chi connectivity index (χ1v) is 7.78. The van der Waals surface area contributed by atoms with Crippen LogP contribution in [0, 0.1) is 0 Å². The van der Waals surface area contributed by atoms with Gasteiger partial charge in [-0.2, -0.15) is 0 Å². The van der Waals surface area contributed by atoms with E-state index in [2.05, 4.69) is 11.8 Å². The van der Waals surface area contributed by atoms with E-state index < -0.39 is 19.1 Å². The van der Waals surface area contributed by atoms with E-state index in [-0.39, 0.29) is 6.42 Å². The Kier molecular flexibility index (Phi) is 4.26. The second-order valence-corrected chi connectivity index (χ2v) is 8.37. The summed E-state index contributed by atoms with van der Waals surface area (Å²) < 4.78 is 10.9. The number of hydrogen-bond donors (Lipinski definition) is 5. The lowest BCUT2D eigenvalue weighted by Crippen LogP contribution is -2.38. The van der Waals surface area contributed by atoms with E-state index in [4.69, 9.17) is 25.3 Å². The van der Waals surface area contributed by atoms with Gasteiger partial charge in [-0.05, 0) is 18.2 Å². The fraction of sp³-hybridized carbons (Fsp3) is 1.00. The van der Waals surface area contributed by atoms with E-state index in [1.54, 1.807) is 6.92 Å². The van der Waals surface area contributed by atoms with E-state index in [1.807, 2.05) is 0 Å². The molecular weight excluding hydrogens is 236 g/mol. The molecule has 0 fully saturated rings. The van der Waals surface area contributed by atoms with Crippen molar-refractivity contribution in [1.82, 2.24) is 0 Å². The van der Waals surface area contributed by atoms with Crippen LogP contribution in [0.25, 0.3) is 0 Å². The van der Waals surface area contributed by atoms with Crippen LogP contribution in [0.4, 0.5) is 0 Å². The molecule has 6 N–H and O–H groups in total. The minimum atomic E-state index is -4.80. The highest BCUT2D eigenvalue weighted by Gasteiger charge is 2.52. The fourth-order valence-electron chi connectivity index (χ4n) is 0.829. The van der Waals surface area contributed by atoms with Crippen molar-refractivity contribution in [2.24, 2.45) is 5.73 Å². The molecule has 13 heavy (non-hydrogen) atoms. The molecular formula is C4H13NO5P2S. The molecule has 0 aromatic rings. The number of rotatable bonds is 4. The zero-order valence-corrected chi connectivity index (χ0v) is 9.60. The second kappa shape index (κ2) is 4.04. The van der Waals surface area contributed by atoms with Gasteiger partial charge in [0.1, 0.15) is 0 Å². The molecule has 1 atom stereocenters. The highest BCUT2D eigenvalue weighted by Crippen LogP contribution is 2.67. The Morgan fingerprint density at radius 2 is 1.77 bits per heavy atom. The Morgan fingerprint density at radius 1 is 1.38 bits per heavy atom. The van der Waals surface area contributed by atoms with Gasteiger partial charge in [0.2, 0.25) is 6.49 Å². The van der Waals surface area contributed by atoms with E-state index in [0.29, 0.717) is 6.42 Å². The maximum Gasteiger partial charge on any atom is 0.355 e. The van der Waals surface area contributed by atoms with Crippen LogP contribution in [0.15, 0.2) is 0 Å². The Morgan fingerprint density at radius 3 is 1.85 bits per heavy atom. The normalized spacial score (nSPS) is 18.3. The average Bonchev–Trinajstić information content (AvgIpc) is 1.82. The molecule has 0 radical (unpaired) electrons. The summed E-state index contributed by atoms with van der Waals surface area (Å²) in [5.41, 5.74) is 5.24. The van der Waals surface area contributed by atoms with E-state index in [1.165, 1.54) is 0 Å². The molecule has 0 spiro atoms. The Balaban J connectivity index is 5.22. The molecule has 0 bridgehead atoms. The molecule has 0 aromatic heterocycles. The van der Waals surface area contributed by atoms with Crippen molar-refractivity contribution in [3.05, 3.63) is 0 Å². The van der Waals surface area contributed by atoms with E-state index in [9.17, 15) is 4.57 Å². The van der Waals surface area contributed by atoms with E-state index >= 15 is 0 Å². The summed E-state index contributed by atoms with van der Waals surface area (Å²) in [6.07, 6.45) is 0.0860. The summed E-state index contributed by atoms with van der Waals surface area (Å²) in [5.74, 6) is 0. The van der Waals surface area contributed by atoms with Crippen LogP contribution in [-0.4, -0.2) is 24.6 Å². The molecule has 0 amide bonds. The largest absolute Gasteiger partial charge is 0.355 e. The van der Waals surface area contributed by atoms with Crippen molar-refractivity contribution < 1.29 is 24.1 Å². The lowest BCUT2D eigenvalue weighted by Gasteiger charge is -2.32. The highest BCUT2D eigenvalue weighted by molar-refractivity contribution is 8.12. The first kappa shape index (κ1) is 13.7. The molecule has 0 heterocycles. The molecule has 0 saturated heterocycles. The van der Waals surface area contributed by atoms with Gasteiger partial charge in [0.15, 0.2) is 5.02 Å². The standard InChI is InChI=1S/C4H13NO5P2S/c1-2-3-4(5,11(6,7)8)12(9,10)13/h2-3,5H2,1H3,(H2,6,7,8)(H2,9,10,13). The third-order valence-corrected chi connectivity index (χ3v) is 7.09. The van der Waals surface area contributed by atoms with Gasteiger partial charge < -0.3 is 25.3 Å². The van der Waals surface area contributed by atoms with Crippen molar-refractivity contribution in [2.45, 2.75) is 24.8 Å². The Labute approximate surface area is 81.1 Å². The quantitative estimate of drug-likeness (QED) is 0.439. The van der Waals surface area contributed by atoms with Crippen LogP contribution < -0.4 is 5.73 Å². The summed E-state index contributed by atoms with van der Waals surface area (Å²) in [6, 6.07) is 0. The summed E-state index contributed by atoms with van der Waals surface area (Å²) in [6.45, 7) is -2.56. The number of hydrogen-bond acceptors (Lipinski definition) is 3. The first-order chi connectivity index (χ1) is 5.56. The van der Waals surface area contributed by atoms with Crippen LogP contribution in [0.1, 0.15) is 19.8 Å². The zero-order chi connectivity index (χ0) is 10.9. The summed E-state index contributed by atoms with van der Waals surface area (Å²) in [5, 5.41) is -2.37. The van der Waals surface area contributed by atoms with Crippen LogP contribution in [0.2, 0.25) is 0 Å². The van der Waals surface area contributed by atoms with Crippen LogP contribution in [-0.2, 0) is 16.4 Å². The Bertz CT molecular complexity index is 248. The van der Waals surface area contributed by atoms with Crippen molar-refractivity contribution in [3.63, 3.8) is 0 Å². The van der Waals surface area contributed by atoms with E-state index in [0.717, 1.165) is 0 Å². The third kappa shape index (κ3) is 2.81. The van der Waals surface area contributed by atoms with Crippen molar-refractivity contribution in [2.75, 3.05) is 0 Å². The zero-order valence-electron chi connectivity index (χ0n) is 6.99. The van der Waals surface area contributed by atoms with Gasteiger partial charge in [-0.25, -0.2) is 0 Å². The number of nitrogens with two attached hydrogens (primary N) is 1. The predicted octanol–water partition coefficient (Wildman–Crippen LogP) is -0.129. The molecule has 0 rings (SSSR count). The highest BCUT2D eigenvalue weighted by atomic mass is 32.5. The minimum absolute atomic E-state index is 0.221. The average molecular weight is 249 g/mol. The fourth-order valence-corrected chi connectivity index (χ4v) is 4.45. The molecule has 0 aliphatic carbocycles. The van der Waals surface area contributed by atoms with Crippen LogP contribution in [0.3, 0.4) is 0 Å². The van der Waals surface area contributed by atoms with Gasteiger partial charge in [-0.3, -0.25) is 4.57 Å². The summed E-state index contributed by atoms with van der Waals surface area (Å²) in [7, 11) is -4.80. The maximum absolute atomic E-state index is 10.9. The lowest BCUT2D eigenvalue weighted by atomic mass is 10.3. The Hall–Kier alpha value is 0.680. The third-order valence-electron chi connectivity index (χ3n) is 1.63. The van der Waals surface area contributed by atoms with Crippen molar-refractivity contribution in [1.29, 1.82) is 0 Å². The molecule has 0 aromatic carbocycles. The topological polar surface area (TPSA) is 124 Å². The monoisotopic (exact) mass is 249 g/mol. The van der Waals surface area contributed by atoms with Gasteiger partial charge in [-0.1, -0.05) is 13.3 Å². The smallest absolute Gasteiger partial charge is 0.344 e. The lowest BCUT2D eigenvalue weighted by molar-refractivity contribution is 0.330. The minimum Gasteiger partial charge on any atom is -0.344 e.